The summed E-state index contributed by atoms with van der Waals surface area (Å²) in [6.45, 7) is 1.74. The molecule has 130 valence electrons. The van der Waals surface area contributed by atoms with Crippen LogP contribution in [0.4, 0.5) is 0 Å². The van der Waals surface area contributed by atoms with E-state index >= 15 is 0 Å². The van der Waals surface area contributed by atoms with E-state index in [1.54, 1.807) is 6.20 Å². The molecule has 0 aliphatic carbocycles. The topological polar surface area (TPSA) is 74.5 Å². The minimum absolute atomic E-state index is 0.489. The summed E-state index contributed by atoms with van der Waals surface area (Å²) in [6.07, 6.45) is 5.68. The third kappa shape index (κ3) is 3.55. The lowest BCUT2D eigenvalue weighted by molar-refractivity contribution is 0.646. The zero-order valence-corrected chi connectivity index (χ0v) is 14.4. The Bertz CT molecular complexity index is 986. The largest absolute Gasteiger partial charge is 0.326 e. The first-order chi connectivity index (χ1) is 12.8. The zero-order valence-electron chi connectivity index (χ0n) is 14.4. The van der Waals surface area contributed by atoms with E-state index in [1.165, 1.54) is 16.7 Å². The summed E-state index contributed by atoms with van der Waals surface area (Å²) >= 11 is 0. The van der Waals surface area contributed by atoms with Gasteiger partial charge in [-0.1, -0.05) is 59.8 Å². The molecule has 4 aromatic rings. The molecule has 6 nitrogen and oxygen atoms in total. The third-order valence-electron chi connectivity index (χ3n) is 4.27. The summed E-state index contributed by atoms with van der Waals surface area (Å²) in [5.41, 5.74) is 11.1. The van der Waals surface area contributed by atoms with Crippen LogP contribution in [-0.4, -0.2) is 24.8 Å². The Balaban J connectivity index is 1.53. The van der Waals surface area contributed by atoms with Crippen LogP contribution < -0.4 is 5.73 Å². The summed E-state index contributed by atoms with van der Waals surface area (Å²) in [5, 5.41) is 12.8. The first kappa shape index (κ1) is 16.2. The van der Waals surface area contributed by atoms with Gasteiger partial charge in [-0.15, -0.1) is 5.10 Å². The molecular weight excluding hydrogens is 324 g/mol. The van der Waals surface area contributed by atoms with Crippen molar-refractivity contribution < 1.29 is 0 Å². The van der Waals surface area contributed by atoms with Gasteiger partial charge < -0.3 is 5.73 Å². The molecule has 6 heteroatoms. The minimum Gasteiger partial charge on any atom is -0.326 e. The number of aromatic nitrogens is 5. The first-order valence-electron chi connectivity index (χ1n) is 8.55. The monoisotopic (exact) mass is 344 g/mol. The van der Waals surface area contributed by atoms with Gasteiger partial charge in [0.25, 0.3) is 0 Å². The lowest BCUT2D eigenvalue weighted by atomic mass is 10.00. The van der Waals surface area contributed by atoms with Crippen molar-refractivity contribution in [2.75, 3.05) is 0 Å². The van der Waals surface area contributed by atoms with E-state index in [4.69, 9.17) is 5.73 Å². The predicted molar refractivity (Wildman–Crippen MR) is 100 cm³/mol. The standard InChI is InChI=1S/C20H20N6/c21-10-16-11-22-25(12-16)14-19-15-26(24-23-19)13-18-8-4-5-9-20(18)17-6-2-1-3-7-17/h1-9,11-12,15H,10,13-14,21H2. The van der Waals surface area contributed by atoms with Crippen LogP contribution in [0.5, 0.6) is 0 Å². The number of hydrogen-bond donors (Lipinski definition) is 1. The third-order valence-corrected chi connectivity index (χ3v) is 4.27. The Morgan fingerprint density at radius 1 is 0.846 bits per heavy atom. The SMILES string of the molecule is NCc1cnn(Cc2cn(Cc3ccccc3-c3ccccc3)nn2)c1. The van der Waals surface area contributed by atoms with E-state index in [0.29, 0.717) is 19.6 Å². The van der Waals surface area contributed by atoms with Crippen LogP contribution in [-0.2, 0) is 19.6 Å². The molecule has 0 fully saturated rings. The average Bonchev–Trinajstić information content (AvgIpc) is 3.32. The first-order valence-corrected chi connectivity index (χ1v) is 8.55. The van der Waals surface area contributed by atoms with E-state index in [9.17, 15) is 0 Å². The predicted octanol–water partition coefficient (Wildman–Crippen LogP) is 2.70. The highest BCUT2D eigenvalue weighted by Gasteiger charge is 2.08. The maximum Gasteiger partial charge on any atom is 0.104 e. The maximum atomic E-state index is 5.62. The molecule has 0 saturated carbocycles. The molecule has 26 heavy (non-hydrogen) atoms. The van der Waals surface area contributed by atoms with Gasteiger partial charge in [0.15, 0.2) is 0 Å². The molecular formula is C20H20N6. The van der Waals surface area contributed by atoms with E-state index < -0.39 is 0 Å². The molecule has 0 unspecified atom stereocenters. The van der Waals surface area contributed by atoms with Crippen LogP contribution in [0.1, 0.15) is 16.8 Å². The van der Waals surface area contributed by atoms with Crippen LogP contribution in [0.3, 0.4) is 0 Å². The van der Waals surface area contributed by atoms with Gasteiger partial charge in [0.2, 0.25) is 0 Å². The fourth-order valence-electron chi connectivity index (χ4n) is 2.98. The molecule has 0 atom stereocenters. The van der Waals surface area contributed by atoms with Gasteiger partial charge in [0, 0.05) is 18.3 Å². The Hall–Kier alpha value is -3.25. The van der Waals surface area contributed by atoms with Crippen molar-refractivity contribution >= 4 is 0 Å². The van der Waals surface area contributed by atoms with Gasteiger partial charge in [-0.05, 0) is 16.7 Å². The lowest BCUT2D eigenvalue weighted by Crippen LogP contribution is -2.02. The van der Waals surface area contributed by atoms with Crippen molar-refractivity contribution in [3.05, 3.63) is 90.0 Å². The minimum atomic E-state index is 0.489. The lowest BCUT2D eigenvalue weighted by Gasteiger charge is -2.09. The maximum absolute atomic E-state index is 5.62. The molecule has 4 rings (SSSR count). The van der Waals surface area contributed by atoms with Crippen LogP contribution in [0, 0.1) is 0 Å². The Morgan fingerprint density at radius 2 is 1.65 bits per heavy atom. The second-order valence-electron chi connectivity index (χ2n) is 6.18. The molecule has 2 aromatic heterocycles. The van der Waals surface area contributed by atoms with Crippen molar-refractivity contribution in [3.8, 4) is 11.1 Å². The summed E-state index contributed by atoms with van der Waals surface area (Å²) in [7, 11) is 0. The van der Waals surface area contributed by atoms with Crippen LogP contribution in [0.25, 0.3) is 11.1 Å². The summed E-state index contributed by atoms with van der Waals surface area (Å²) in [5.74, 6) is 0. The molecule has 0 spiro atoms. The smallest absolute Gasteiger partial charge is 0.104 e. The van der Waals surface area contributed by atoms with E-state index in [-0.39, 0.29) is 0 Å². The van der Waals surface area contributed by atoms with E-state index in [0.717, 1.165) is 11.3 Å². The molecule has 2 aromatic carbocycles. The van der Waals surface area contributed by atoms with Gasteiger partial charge in [-0.3, -0.25) is 4.68 Å². The quantitative estimate of drug-likeness (QED) is 0.583. The highest BCUT2D eigenvalue weighted by molar-refractivity contribution is 5.67. The van der Waals surface area contributed by atoms with Gasteiger partial charge in [-0.25, -0.2) is 4.68 Å². The van der Waals surface area contributed by atoms with Gasteiger partial charge in [-0.2, -0.15) is 5.10 Å². The molecule has 0 amide bonds. The van der Waals surface area contributed by atoms with Crippen molar-refractivity contribution in [1.29, 1.82) is 0 Å². The molecule has 2 N–H and O–H groups in total. The Labute approximate surface area is 151 Å². The van der Waals surface area contributed by atoms with Crippen LogP contribution >= 0.6 is 0 Å². The number of nitrogens with zero attached hydrogens (tertiary/aromatic N) is 5. The fourth-order valence-corrected chi connectivity index (χ4v) is 2.98. The second kappa shape index (κ2) is 7.33. The average molecular weight is 344 g/mol. The van der Waals surface area contributed by atoms with E-state index in [2.05, 4.69) is 63.9 Å². The number of rotatable bonds is 6. The highest BCUT2D eigenvalue weighted by Crippen LogP contribution is 2.23. The molecule has 0 radical (unpaired) electrons. The molecule has 0 aliphatic rings. The van der Waals surface area contributed by atoms with Crippen molar-refractivity contribution in [2.24, 2.45) is 5.73 Å². The Kier molecular flexibility index (Phi) is 4.57. The zero-order chi connectivity index (χ0) is 17.8. The molecule has 0 aliphatic heterocycles. The Morgan fingerprint density at radius 3 is 2.46 bits per heavy atom. The number of nitrogens with two attached hydrogens (primary N) is 1. The van der Waals surface area contributed by atoms with Crippen molar-refractivity contribution in [2.45, 2.75) is 19.6 Å². The molecule has 0 bridgehead atoms. The normalized spacial score (nSPS) is 11.0. The van der Waals surface area contributed by atoms with E-state index in [1.807, 2.05) is 27.8 Å². The number of benzene rings is 2. The summed E-state index contributed by atoms with van der Waals surface area (Å²) in [6, 6.07) is 18.8. The fraction of sp³-hybridized carbons (Fsp3) is 0.150. The van der Waals surface area contributed by atoms with Gasteiger partial charge in [0.1, 0.15) is 5.69 Å². The van der Waals surface area contributed by atoms with Gasteiger partial charge in [0.05, 0.1) is 25.5 Å². The highest BCUT2D eigenvalue weighted by atomic mass is 15.4. The second-order valence-corrected chi connectivity index (χ2v) is 6.18. The van der Waals surface area contributed by atoms with Crippen LogP contribution in [0.2, 0.25) is 0 Å². The van der Waals surface area contributed by atoms with Gasteiger partial charge >= 0.3 is 0 Å². The molecule has 2 heterocycles. The number of hydrogen-bond acceptors (Lipinski definition) is 4. The van der Waals surface area contributed by atoms with Crippen molar-refractivity contribution in [1.82, 2.24) is 24.8 Å². The van der Waals surface area contributed by atoms with Crippen molar-refractivity contribution in [3.63, 3.8) is 0 Å². The summed E-state index contributed by atoms with van der Waals surface area (Å²) < 4.78 is 3.69. The summed E-state index contributed by atoms with van der Waals surface area (Å²) in [4.78, 5) is 0. The van der Waals surface area contributed by atoms with Crippen LogP contribution in [0.15, 0.2) is 73.2 Å². The molecule has 0 saturated heterocycles.